The fourth-order valence-corrected chi connectivity index (χ4v) is 2.50. The van der Waals surface area contributed by atoms with Crippen LogP contribution in [0.25, 0.3) is 0 Å². The number of nitro benzene ring substituents is 1. The van der Waals surface area contributed by atoms with Crippen LogP contribution in [-0.4, -0.2) is 21.9 Å². The Labute approximate surface area is 109 Å². The maximum Gasteiger partial charge on any atom is 0.279 e. The zero-order valence-electron chi connectivity index (χ0n) is 10.3. The molecule has 0 amide bonds. The van der Waals surface area contributed by atoms with Crippen molar-refractivity contribution in [3.05, 3.63) is 33.9 Å². The molecule has 0 aromatic heterocycles. The number of nitro groups is 1. The Morgan fingerprint density at radius 3 is 2.72 bits per heavy atom. The van der Waals surface area contributed by atoms with Gasteiger partial charge in [0.2, 0.25) is 0 Å². The van der Waals surface area contributed by atoms with E-state index in [9.17, 15) is 10.1 Å². The minimum absolute atomic E-state index is 0.0292. The van der Waals surface area contributed by atoms with Gasteiger partial charge >= 0.3 is 0 Å². The molecular formula is C11H13N3O3S. The fourth-order valence-electron chi connectivity index (χ4n) is 1.56. The number of hydrogen-bond donors (Lipinski definition) is 1. The summed E-state index contributed by atoms with van der Waals surface area (Å²) in [6.07, 6.45) is 0. The quantitative estimate of drug-likeness (QED) is 0.672. The van der Waals surface area contributed by atoms with Crippen molar-refractivity contribution < 1.29 is 9.66 Å². The first-order chi connectivity index (χ1) is 8.43. The van der Waals surface area contributed by atoms with Gasteiger partial charge in [-0.05, 0) is 26.0 Å². The van der Waals surface area contributed by atoms with E-state index in [0.29, 0.717) is 16.4 Å². The van der Waals surface area contributed by atoms with E-state index in [4.69, 9.17) is 4.74 Å². The second-order valence-electron chi connectivity index (χ2n) is 4.28. The molecule has 0 spiro atoms. The van der Waals surface area contributed by atoms with Crippen LogP contribution in [0.15, 0.2) is 23.3 Å². The maximum absolute atomic E-state index is 11.0. The molecule has 1 aromatic rings. The van der Waals surface area contributed by atoms with Gasteiger partial charge in [-0.25, -0.2) is 0 Å². The molecule has 0 atom stereocenters. The average molecular weight is 267 g/mol. The smallest absolute Gasteiger partial charge is 0.279 e. The standard InChI is InChI=1S/C11H13N3O3S/c1-11(2)13-12-10(18-11)8-6-7(17-3)4-5-9(8)14(15)16/h4-6,13H,1-3H3. The number of hydrogen-bond acceptors (Lipinski definition) is 6. The Bertz CT molecular complexity index is 528. The molecule has 96 valence electrons. The van der Waals surface area contributed by atoms with Gasteiger partial charge in [0.25, 0.3) is 5.69 Å². The summed E-state index contributed by atoms with van der Waals surface area (Å²) in [6.45, 7) is 3.92. The van der Waals surface area contributed by atoms with Crippen LogP contribution in [0.2, 0.25) is 0 Å². The van der Waals surface area contributed by atoms with Gasteiger partial charge in [0.1, 0.15) is 15.7 Å². The fraction of sp³-hybridized carbons (Fsp3) is 0.364. The highest BCUT2D eigenvalue weighted by molar-refractivity contribution is 8.15. The van der Waals surface area contributed by atoms with Crippen molar-refractivity contribution >= 4 is 22.5 Å². The van der Waals surface area contributed by atoms with E-state index in [1.807, 2.05) is 13.8 Å². The van der Waals surface area contributed by atoms with Crippen LogP contribution in [0.1, 0.15) is 19.4 Å². The molecule has 0 bridgehead atoms. The van der Waals surface area contributed by atoms with Crippen LogP contribution >= 0.6 is 11.8 Å². The SMILES string of the molecule is COc1ccc([N+](=O)[O-])c(C2=NNC(C)(C)S2)c1. The maximum atomic E-state index is 11.0. The molecule has 1 aliphatic rings. The zero-order chi connectivity index (χ0) is 13.3. The van der Waals surface area contributed by atoms with E-state index >= 15 is 0 Å². The summed E-state index contributed by atoms with van der Waals surface area (Å²) in [5.74, 6) is 0.573. The van der Waals surface area contributed by atoms with Crippen LogP contribution in [0.3, 0.4) is 0 Å². The largest absolute Gasteiger partial charge is 0.497 e. The predicted octanol–water partition coefficient (Wildman–Crippen LogP) is 2.34. The normalized spacial score (nSPS) is 16.9. The Hall–Kier alpha value is -1.76. The second-order valence-corrected chi connectivity index (χ2v) is 5.89. The summed E-state index contributed by atoms with van der Waals surface area (Å²) < 4.78 is 5.09. The zero-order valence-corrected chi connectivity index (χ0v) is 11.1. The average Bonchev–Trinajstić information content (AvgIpc) is 2.68. The van der Waals surface area contributed by atoms with Gasteiger partial charge in [-0.2, -0.15) is 5.10 Å². The molecule has 1 N–H and O–H groups in total. The van der Waals surface area contributed by atoms with Gasteiger partial charge in [-0.15, -0.1) is 0 Å². The van der Waals surface area contributed by atoms with E-state index in [1.165, 1.54) is 24.9 Å². The number of methoxy groups -OCH3 is 1. The highest BCUT2D eigenvalue weighted by atomic mass is 32.2. The summed E-state index contributed by atoms with van der Waals surface area (Å²) in [5, 5.41) is 15.8. The third kappa shape index (κ3) is 2.40. The number of ether oxygens (including phenoxy) is 1. The summed E-state index contributed by atoms with van der Waals surface area (Å²) >= 11 is 1.45. The lowest BCUT2D eigenvalue weighted by Crippen LogP contribution is -2.26. The Morgan fingerprint density at radius 2 is 2.22 bits per heavy atom. The highest BCUT2D eigenvalue weighted by Gasteiger charge is 2.31. The highest BCUT2D eigenvalue weighted by Crippen LogP contribution is 2.35. The number of rotatable bonds is 3. The molecule has 6 nitrogen and oxygen atoms in total. The molecule has 0 saturated heterocycles. The van der Waals surface area contributed by atoms with E-state index in [0.717, 1.165) is 0 Å². The summed E-state index contributed by atoms with van der Waals surface area (Å²) in [4.78, 5) is 10.3. The number of hydrazone groups is 1. The van der Waals surface area contributed by atoms with Gasteiger partial charge in [0, 0.05) is 6.07 Å². The van der Waals surface area contributed by atoms with E-state index in [2.05, 4.69) is 10.5 Å². The minimum atomic E-state index is -0.414. The molecule has 1 aromatic carbocycles. The monoisotopic (exact) mass is 267 g/mol. The molecule has 1 heterocycles. The Kier molecular flexibility index (Phi) is 3.16. The number of benzene rings is 1. The van der Waals surface area contributed by atoms with E-state index in [-0.39, 0.29) is 10.6 Å². The van der Waals surface area contributed by atoms with E-state index < -0.39 is 4.92 Å². The van der Waals surface area contributed by atoms with Crippen molar-refractivity contribution in [2.75, 3.05) is 7.11 Å². The minimum Gasteiger partial charge on any atom is -0.497 e. The third-order valence-corrected chi connectivity index (χ3v) is 3.52. The van der Waals surface area contributed by atoms with Crippen LogP contribution in [-0.2, 0) is 0 Å². The number of thioether (sulfide) groups is 1. The predicted molar refractivity (Wildman–Crippen MR) is 71.0 cm³/mol. The molecule has 1 aliphatic heterocycles. The van der Waals surface area contributed by atoms with Crippen molar-refractivity contribution in [2.45, 2.75) is 18.7 Å². The first-order valence-electron chi connectivity index (χ1n) is 5.29. The van der Waals surface area contributed by atoms with Gasteiger partial charge in [0.15, 0.2) is 0 Å². The molecule has 0 aliphatic carbocycles. The topological polar surface area (TPSA) is 76.8 Å². The second kappa shape index (κ2) is 4.49. The van der Waals surface area contributed by atoms with Crippen molar-refractivity contribution in [2.24, 2.45) is 5.10 Å². The molecule has 18 heavy (non-hydrogen) atoms. The van der Waals surface area contributed by atoms with E-state index in [1.54, 1.807) is 12.1 Å². The van der Waals surface area contributed by atoms with Gasteiger partial charge in [0.05, 0.1) is 17.6 Å². The van der Waals surface area contributed by atoms with Crippen LogP contribution in [0.4, 0.5) is 5.69 Å². The molecular weight excluding hydrogens is 254 g/mol. The Balaban J connectivity index is 2.45. The summed E-state index contributed by atoms with van der Waals surface area (Å²) in [7, 11) is 1.52. The number of nitrogens with one attached hydrogen (secondary N) is 1. The van der Waals surface area contributed by atoms with Crippen molar-refractivity contribution in [3.8, 4) is 5.75 Å². The number of nitrogens with zero attached hydrogens (tertiary/aromatic N) is 2. The first-order valence-corrected chi connectivity index (χ1v) is 6.11. The molecule has 0 saturated carbocycles. The lowest BCUT2D eigenvalue weighted by Gasteiger charge is -2.14. The first kappa shape index (κ1) is 12.7. The molecule has 7 heteroatoms. The summed E-state index contributed by atoms with van der Waals surface area (Å²) in [5.41, 5.74) is 3.44. The van der Waals surface area contributed by atoms with Crippen LogP contribution < -0.4 is 10.2 Å². The van der Waals surface area contributed by atoms with Gasteiger partial charge in [-0.3, -0.25) is 15.5 Å². The van der Waals surface area contributed by atoms with Gasteiger partial charge < -0.3 is 4.74 Å². The van der Waals surface area contributed by atoms with Crippen molar-refractivity contribution in [1.82, 2.24) is 5.43 Å². The lowest BCUT2D eigenvalue weighted by molar-refractivity contribution is -0.385. The van der Waals surface area contributed by atoms with Gasteiger partial charge in [-0.1, -0.05) is 11.8 Å². The van der Waals surface area contributed by atoms with Crippen molar-refractivity contribution in [1.29, 1.82) is 0 Å². The summed E-state index contributed by atoms with van der Waals surface area (Å²) in [6, 6.07) is 4.63. The third-order valence-electron chi connectivity index (χ3n) is 2.41. The molecule has 0 radical (unpaired) electrons. The van der Waals surface area contributed by atoms with Crippen LogP contribution in [0.5, 0.6) is 5.75 Å². The lowest BCUT2D eigenvalue weighted by atomic mass is 10.2. The van der Waals surface area contributed by atoms with Crippen molar-refractivity contribution in [3.63, 3.8) is 0 Å². The van der Waals surface area contributed by atoms with Crippen LogP contribution in [0, 0.1) is 10.1 Å². The molecule has 0 fully saturated rings. The molecule has 2 rings (SSSR count). The molecule has 0 unspecified atom stereocenters. The Morgan fingerprint density at radius 1 is 1.50 bits per heavy atom.